The monoisotopic (exact) mass is 279 g/mol. The Hall–Kier alpha value is -1.16. The zero-order valence-electron chi connectivity index (χ0n) is 9.61. The predicted molar refractivity (Wildman–Crippen MR) is 70.8 cm³/mol. The molecule has 1 aromatic carbocycles. The zero-order chi connectivity index (χ0) is 11.7. The minimum absolute atomic E-state index is 0.393. The molecule has 0 aliphatic rings. The molecule has 3 nitrogen and oxygen atoms in total. The van der Waals surface area contributed by atoms with Crippen LogP contribution in [0.1, 0.15) is 13.8 Å². The van der Waals surface area contributed by atoms with Gasteiger partial charge < -0.3 is 4.90 Å². The highest BCUT2D eigenvalue weighted by Gasteiger charge is 2.09. The van der Waals surface area contributed by atoms with E-state index in [1.807, 2.05) is 31.4 Å². The van der Waals surface area contributed by atoms with Crippen LogP contribution >= 0.6 is 15.9 Å². The normalized spacial score (nSPS) is 11.1. The lowest BCUT2D eigenvalue weighted by molar-refractivity contribution is 0.731. The van der Waals surface area contributed by atoms with Crippen LogP contribution in [-0.4, -0.2) is 23.1 Å². The van der Waals surface area contributed by atoms with Crippen LogP contribution in [0.2, 0.25) is 0 Å². The van der Waals surface area contributed by atoms with E-state index in [0.717, 1.165) is 21.3 Å². The molecule has 4 heteroatoms. The molecule has 2 aromatic rings. The van der Waals surface area contributed by atoms with Crippen molar-refractivity contribution in [1.82, 2.24) is 9.97 Å². The topological polar surface area (TPSA) is 29.0 Å². The highest BCUT2D eigenvalue weighted by molar-refractivity contribution is 9.10. The summed E-state index contributed by atoms with van der Waals surface area (Å²) >= 11 is 3.49. The molecular formula is C12H14BrN3. The minimum Gasteiger partial charge on any atom is -0.341 e. The van der Waals surface area contributed by atoms with Crippen molar-refractivity contribution in [1.29, 1.82) is 0 Å². The van der Waals surface area contributed by atoms with Crippen molar-refractivity contribution in [3.8, 4) is 0 Å². The second-order valence-corrected chi connectivity index (χ2v) is 4.90. The van der Waals surface area contributed by atoms with Gasteiger partial charge in [-0.05, 0) is 26.0 Å². The van der Waals surface area contributed by atoms with E-state index in [1.165, 1.54) is 0 Å². The fraction of sp³-hybridized carbons (Fsp3) is 0.333. The van der Waals surface area contributed by atoms with Gasteiger partial charge >= 0.3 is 0 Å². The van der Waals surface area contributed by atoms with Gasteiger partial charge in [0.25, 0.3) is 0 Å². The quantitative estimate of drug-likeness (QED) is 0.845. The van der Waals surface area contributed by atoms with Crippen LogP contribution < -0.4 is 4.90 Å². The summed E-state index contributed by atoms with van der Waals surface area (Å²) in [5, 5.41) is 1.04. The molecule has 84 valence electrons. The van der Waals surface area contributed by atoms with Crippen molar-refractivity contribution in [3.63, 3.8) is 0 Å². The Morgan fingerprint density at radius 3 is 2.75 bits per heavy atom. The molecule has 0 amide bonds. The van der Waals surface area contributed by atoms with E-state index in [4.69, 9.17) is 0 Å². The summed E-state index contributed by atoms with van der Waals surface area (Å²) in [7, 11) is 2.00. The summed E-state index contributed by atoms with van der Waals surface area (Å²) in [6.45, 7) is 4.24. The minimum atomic E-state index is 0.393. The predicted octanol–water partition coefficient (Wildman–Crippen LogP) is 3.24. The molecular weight excluding hydrogens is 266 g/mol. The number of benzene rings is 1. The Labute approximate surface area is 104 Å². The molecule has 0 spiro atoms. The van der Waals surface area contributed by atoms with Crippen LogP contribution in [0.5, 0.6) is 0 Å². The van der Waals surface area contributed by atoms with Crippen molar-refractivity contribution in [3.05, 3.63) is 28.9 Å². The lowest BCUT2D eigenvalue weighted by Gasteiger charge is -2.21. The maximum absolute atomic E-state index is 4.54. The fourth-order valence-corrected chi connectivity index (χ4v) is 1.87. The molecule has 1 heterocycles. The Morgan fingerprint density at radius 2 is 2.06 bits per heavy atom. The van der Waals surface area contributed by atoms with Crippen molar-refractivity contribution in [2.24, 2.45) is 0 Å². The van der Waals surface area contributed by atoms with E-state index >= 15 is 0 Å². The molecule has 0 unspecified atom stereocenters. The van der Waals surface area contributed by atoms with Crippen molar-refractivity contribution < 1.29 is 0 Å². The number of hydrogen-bond acceptors (Lipinski definition) is 3. The molecule has 0 saturated heterocycles. The number of hydrogen-bond donors (Lipinski definition) is 0. The van der Waals surface area contributed by atoms with Gasteiger partial charge in [-0.2, -0.15) is 0 Å². The Bertz CT molecular complexity index is 511. The number of fused-ring (bicyclic) bond motifs is 1. The Morgan fingerprint density at radius 1 is 1.31 bits per heavy atom. The van der Waals surface area contributed by atoms with Gasteiger partial charge in [0.1, 0.15) is 0 Å². The summed E-state index contributed by atoms with van der Waals surface area (Å²) < 4.78 is 1.03. The smallest absolute Gasteiger partial charge is 0.225 e. The van der Waals surface area contributed by atoms with Crippen molar-refractivity contribution >= 4 is 32.8 Å². The van der Waals surface area contributed by atoms with Crippen LogP contribution in [-0.2, 0) is 0 Å². The average molecular weight is 280 g/mol. The van der Waals surface area contributed by atoms with Crippen LogP contribution in [0.25, 0.3) is 10.9 Å². The first-order valence-corrected chi connectivity index (χ1v) is 6.03. The van der Waals surface area contributed by atoms with E-state index in [-0.39, 0.29) is 0 Å². The van der Waals surface area contributed by atoms with E-state index in [0.29, 0.717) is 6.04 Å². The molecule has 0 N–H and O–H groups in total. The molecule has 16 heavy (non-hydrogen) atoms. The fourth-order valence-electron chi connectivity index (χ4n) is 1.41. The second-order valence-electron chi connectivity index (χ2n) is 4.05. The lowest BCUT2D eigenvalue weighted by Crippen LogP contribution is -2.27. The second kappa shape index (κ2) is 4.37. The lowest BCUT2D eigenvalue weighted by atomic mass is 10.2. The third-order valence-electron chi connectivity index (χ3n) is 2.65. The highest BCUT2D eigenvalue weighted by Crippen LogP contribution is 2.23. The van der Waals surface area contributed by atoms with E-state index in [9.17, 15) is 0 Å². The van der Waals surface area contributed by atoms with Gasteiger partial charge in [-0.15, -0.1) is 0 Å². The first kappa shape index (κ1) is 11.3. The third kappa shape index (κ3) is 2.02. The van der Waals surface area contributed by atoms with Gasteiger partial charge in [0.05, 0.1) is 5.52 Å². The van der Waals surface area contributed by atoms with Gasteiger partial charge in [0.15, 0.2) is 0 Å². The van der Waals surface area contributed by atoms with Crippen LogP contribution in [0.4, 0.5) is 5.95 Å². The molecule has 0 fully saturated rings. The molecule has 1 aromatic heterocycles. The molecule has 0 saturated carbocycles. The van der Waals surface area contributed by atoms with Gasteiger partial charge in [0.2, 0.25) is 5.95 Å². The van der Waals surface area contributed by atoms with Crippen LogP contribution in [0.3, 0.4) is 0 Å². The number of anilines is 1. The first-order chi connectivity index (χ1) is 7.59. The summed E-state index contributed by atoms with van der Waals surface area (Å²) in [6, 6.07) is 6.37. The molecule has 0 bridgehead atoms. The van der Waals surface area contributed by atoms with Gasteiger partial charge in [0, 0.05) is 29.1 Å². The van der Waals surface area contributed by atoms with Gasteiger partial charge in [-0.1, -0.05) is 22.0 Å². The number of halogens is 1. The standard InChI is InChI=1S/C12H14BrN3/c1-8(2)16(3)12-14-7-9-10(13)5-4-6-11(9)15-12/h4-8H,1-3H3. The number of nitrogens with zero attached hydrogens (tertiary/aromatic N) is 3. The molecule has 0 atom stereocenters. The van der Waals surface area contributed by atoms with Crippen LogP contribution in [0.15, 0.2) is 28.9 Å². The van der Waals surface area contributed by atoms with E-state index < -0.39 is 0 Å². The Kier molecular flexibility index (Phi) is 3.10. The molecule has 2 rings (SSSR count). The summed E-state index contributed by atoms with van der Waals surface area (Å²) in [6.07, 6.45) is 1.86. The average Bonchev–Trinajstić information content (AvgIpc) is 2.28. The summed E-state index contributed by atoms with van der Waals surface area (Å²) in [4.78, 5) is 11.0. The highest BCUT2D eigenvalue weighted by atomic mass is 79.9. The summed E-state index contributed by atoms with van der Waals surface area (Å²) in [5.74, 6) is 0.764. The molecule has 0 radical (unpaired) electrons. The largest absolute Gasteiger partial charge is 0.341 e. The number of rotatable bonds is 2. The zero-order valence-corrected chi connectivity index (χ0v) is 11.2. The number of aromatic nitrogens is 2. The van der Waals surface area contributed by atoms with Crippen LogP contribution in [0, 0.1) is 0 Å². The summed E-state index contributed by atoms with van der Waals surface area (Å²) in [5.41, 5.74) is 0.965. The van der Waals surface area contributed by atoms with E-state index in [1.54, 1.807) is 0 Å². The van der Waals surface area contributed by atoms with Gasteiger partial charge in [-0.25, -0.2) is 9.97 Å². The van der Waals surface area contributed by atoms with E-state index in [2.05, 4.69) is 44.6 Å². The third-order valence-corrected chi connectivity index (χ3v) is 3.34. The van der Waals surface area contributed by atoms with Crippen molar-refractivity contribution in [2.45, 2.75) is 19.9 Å². The maximum Gasteiger partial charge on any atom is 0.225 e. The molecule has 0 aliphatic heterocycles. The first-order valence-electron chi connectivity index (χ1n) is 5.23. The maximum atomic E-state index is 4.54. The SMILES string of the molecule is CC(C)N(C)c1ncc2c(Br)cccc2n1. The molecule has 0 aliphatic carbocycles. The van der Waals surface area contributed by atoms with Crippen molar-refractivity contribution in [2.75, 3.05) is 11.9 Å². The van der Waals surface area contributed by atoms with Gasteiger partial charge in [-0.3, -0.25) is 0 Å². The Balaban J connectivity index is 2.53.